The first-order valence-electron chi connectivity index (χ1n) is 5.97. The van der Waals surface area contributed by atoms with Gasteiger partial charge in [0.2, 0.25) is 0 Å². The highest BCUT2D eigenvalue weighted by molar-refractivity contribution is 4.95. The Kier molecular flexibility index (Phi) is 6.86. The Morgan fingerprint density at radius 1 is 1.33 bits per heavy atom. The molecule has 0 spiro atoms. The third kappa shape index (κ3) is 7.57. The second-order valence-corrected chi connectivity index (χ2v) is 5.38. The molecule has 0 aliphatic heterocycles. The third-order valence-electron chi connectivity index (χ3n) is 2.50. The van der Waals surface area contributed by atoms with Crippen LogP contribution in [0.2, 0.25) is 0 Å². The van der Waals surface area contributed by atoms with Crippen molar-refractivity contribution in [1.82, 2.24) is 4.90 Å². The van der Waals surface area contributed by atoms with Gasteiger partial charge in [0.15, 0.2) is 0 Å². The van der Waals surface area contributed by atoms with Crippen LogP contribution in [0, 0.1) is 5.41 Å². The third-order valence-corrected chi connectivity index (χ3v) is 2.50. The molecule has 2 heteroatoms. The molecule has 15 heavy (non-hydrogen) atoms. The Labute approximate surface area is 95.5 Å². The molecule has 2 N–H and O–H groups in total. The highest BCUT2D eigenvalue weighted by atomic mass is 15.1. The van der Waals surface area contributed by atoms with Crippen LogP contribution in [0.3, 0.4) is 0 Å². The van der Waals surface area contributed by atoms with Crippen LogP contribution in [0.1, 0.15) is 41.0 Å². The molecule has 0 radical (unpaired) electrons. The number of rotatable bonds is 7. The summed E-state index contributed by atoms with van der Waals surface area (Å²) in [5.41, 5.74) is 7.38. The van der Waals surface area contributed by atoms with E-state index in [2.05, 4.69) is 45.6 Å². The lowest BCUT2D eigenvalue weighted by atomic mass is 9.93. The predicted octanol–water partition coefficient (Wildman–Crippen LogP) is 2.65. The largest absolute Gasteiger partial charge is 0.330 e. The van der Waals surface area contributed by atoms with Crippen LogP contribution >= 0.6 is 0 Å². The van der Waals surface area contributed by atoms with Crippen LogP contribution < -0.4 is 5.73 Å². The van der Waals surface area contributed by atoms with Crippen molar-refractivity contribution in [3.05, 3.63) is 11.6 Å². The monoisotopic (exact) mass is 212 g/mol. The smallest absolute Gasteiger partial charge is 0.0165 e. The van der Waals surface area contributed by atoms with Gasteiger partial charge in [-0.15, -0.1) is 0 Å². The molecule has 0 aliphatic carbocycles. The molecule has 0 aromatic carbocycles. The molecule has 0 rings (SSSR count). The highest BCUT2D eigenvalue weighted by Gasteiger charge is 2.18. The van der Waals surface area contributed by atoms with Gasteiger partial charge in [-0.25, -0.2) is 0 Å². The number of allylic oxidation sites excluding steroid dienone is 1. The van der Waals surface area contributed by atoms with Gasteiger partial charge in [-0.2, -0.15) is 0 Å². The van der Waals surface area contributed by atoms with E-state index in [-0.39, 0.29) is 5.41 Å². The minimum Gasteiger partial charge on any atom is -0.330 e. The zero-order valence-electron chi connectivity index (χ0n) is 11.1. The standard InChI is InChI=1S/C13H28N2/c1-6-8-15(9-7-12(2)3)11-13(4,5)10-14/h7H,6,8-11,14H2,1-5H3. The fourth-order valence-corrected chi connectivity index (χ4v) is 1.53. The van der Waals surface area contributed by atoms with Crippen LogP contribution in [-0.4, -0.2) is 31.1 Å². The van der Waals surface area contributed by atoms with Gasteiger partial charge >= 0.3 is 0 Å². The molecule has 0 saturated carbocycles. The van der Waals surface area contributed by atoms with Gasteiger partial charge < -0.3 is 5.73 Å². The summed E-state index contributed by atoms with van der Waals surface area (Å²) >= 11 is 0. The Balaban J connectivity index is 4.21. The minimum absolute atomic E-state index is 0.227. The van der Waals surface area contributed by atoms with E-state index in [4.69, 9.17) is 5.73 Å². The average Bonchev–Trinajstić information content (AvgIpc) is 2.14. The van der Waals surface area contributed by atoms with Crippen molar-refractivity contribution < 1.29 is 0 Å². The normalized spacial score (nSPS) is 11.9. The number of hydrogen-bond donors (Lipinski definition) is 1. The molecule has 0 aliphatic rings. The quantitative estimate of drug-likeness (QED) is 0.657. The Bertz CT molecular complexity index is 191. The summed E-state index contributed by atoms with van der Waals surface area (Å²) in [5.74, 6) is 0. The van der Waals surface area contributed by atoms with Crippen molar-refractivity contribution in [2.75, 3.05) is 26.2 Å². The molecule has 0 aromatic rings. The minimum atomic E-state index is 0.227. The maximum Gasteiger partial charge on any atom is 0.0165 e. The molecule has 0 saturated heterocycles. The van der Waals surface area contributed by atoms with Gasteiger partial charge in [-0.3, -0.25) is 4.90 Å². The summed E-state index contributed by atoms with van der Waals surface area (Å²) in [6.45, 7) is 15.0. The first-order chi connectivity index (χ1) is 6.91. The van der Waals surface area contributed by atoms with Crippen molar-refractivity contribution in [3.8, 4) is 0 Å². The van der Waals surface area contributed by atoms with Gasteiger partial charge in [0.25, 0.3) is 0 Å². The van der Waals surface area contributed by atoms with E-state index in [9.17, 15) is 0 Å². The van der Waals surface area contributed by atoms with Crippen LogP contribution in [0.25, 0.3) is 0 Å². The molecule has 90 valence electrons. The van der Waals surface area contributed by atoms with Crippen molar-refractivity contribution >= 4 is 0 Å². The molecular formula is C13H28N2. The SMILES string of the molecule is CCCN(CC=C(C)C)CC(C)(C)CN. The maximum atomic E-state index is 5.76. The number of hydrogen-bond acceptors (Lipinski definition) is 2. The summed E-state index contributed by atoms with van der Waals surface area (Å²) in [6, 6.07) is 0. The van der Waals surface area contributed by atoms with E-state index in [1.807, 2.05) is 0 Å². The van der Waals surface area contributed by atoms with Crippen molar-refractivity contribution in [3.63, 3.8) is 0 Å². The lowest BCUT2D eigenvalue weighted by Gasteiger charge is -2.31. The summed E-state index contributed by atoms with van der Waals surface area (Å²) in [5, 5.41) is 0. The molecule has 0 unspecified atom stereocenters. The Hall–Kier alpha value is -0.340. The van der Waals surface area contributed by atoms with Gasteiger partial charge in [-0.05, 0) is 38.8 Å². The van der Waals surface area contributed by atoms with E-state index in [0.717, 1.165) is 26.2 Å². The molecule has 0 amide bonds. The second-order valence-electron chi connectivity index (χ2n) is 5.38. The summed E-state index contributed by atoms with van der Waals surface area (Å²) in [4.78, 5) is 2.49. The topological polar surface area (TPSA) is 29.3 Å². The Morgan fingerprint density at radius 3 is 2.33 bits per heavy atom. The zero-order chi connectivity index (χ0) is 11.9. The van der Waals surface area contributed by atoms with E-state index < -0.39 is 0 Å². The maximum absolute atomic E-state index is 5.76. The van der Waals surface area contributed by atoms with Crippen LogP contribution in [0.4, 0.5) is 0 Å². The molecule has 0 aromatic heterocycles. The zero-order valence-corrected chi connectivity index (χ0v) is 11.1. The average molecular weight is 212 g/mol. The van der Waals surface area contributed by atoms with E-state index >= 15 is 0 Å². The van der Waals surface area contributed by atoms with Crippen LogP contribution in [0.15, 0.2) is 11.6 Å². The predicted molar refractivity (Wildman–Crippen MR) is 69.0 cm³/mol. The molecule has 0 bridgehead atoms. The number of nitrogens with two attached hydrogens (primary N) is 1. The van der Waals surface area contributed by atoms with Crippen molar-refractivity contribution in [2.45, 2.75) is 41.0 Å². The Morgan fingerprint density at radius 2 is 1.93 bits per heavy atom. The van der Waals surface area contributed by atoms with E-state index in [1.165, 1.54) is 12.0 Å². The highest BCUT2D eigenvalue weighted by Crippen LogP contribution is 2.15. The fraction of sp³-hybridized carbons (Fsp3) is 0.846. The van der Waals surface area contributed by atoms with Crippen molar-refractivity contribution in [2.24, 2.45) is 11.1 Å². The van der Waals surface area contributed by atoms with Gasteiger partial charge in [-0.1, -0.05) is 32.4 Å². The first kappa shape index (κ1) is 14.7. The fourth-order valence-electron chi connectivity index (χ4n) is 1.53. The first-order valence-corrected chi connectivity index (χ1v) is 5.97. The van der Waals surface area contributed by atoms with Gasteiger partial charge in [0.05, 0.1) is 0 Å². The summed E-state index contributed by atoms with van der Waals surface area (Å²) in [6.07, 6.45) is 3.50. The lowest BCUT2D eigenvalue weighted by Crippen LogP contribution is -2.39. The van der Waals surface area contributed by atoms with E-state index in [1.54, 1.807) is 0 Å². The summed E-state index contributed by atoms with van der Waals surface area (Å²) in [7, 11) is 0. The second kappa shape index (κ2) is 7.02. The summed E-state index contributed by atoms with van der Waals surface area (Å²) < 4.78 is 0. The van der Waals surface area contributed by atoms with Gasteiger partial charge in [0.1, 0.15) is 0 Å². The van der Waals surface area contributed by atoms with Crippen molar-refractivity contribution in [1.29, 1.82) is 0 Å². The molecule has 0 fully saturated rings. The molecule has 2 nitrogen and oxygen atoms in total. The molecular weight excluding hydrogens is 184 g/mol. The number of nitrogens with zero attached hydrogens (tertiary/aromatic N) is 1. The van der Waals surface area contributed by atoms with Crippen LogP contribution in [0.5, 0.6) is 0 Å². The molecule has 0 heterocycles. The molecule has 0 atom stereocenters. The van der Waals surface area contributed by atoms with Gasteiger partial charge in [0, 0.05) is 13.1 Å². The lowest BCUT2D eigenvalue weighted by molar-refractivity contribution is 0.198. The van der Waals surface area contributed by atoms with E-state index in [0.29, 0.717) is 0 Å². The van der Waals surface area contributed by atoms with Crippen LogP contribution in [-0.2, 0) is 0 Å².